The average Bonchev–Trinajstić information content (AvgIpc) is 3.04. The zero-order valence-corrected chi connectivity index (χ0v) is 31.5. The van der Waals surface area contributed by atoms with Gasteiger partial charge in [0.25, 0.3) is 40.5 Å². The minimum atomic E-state index is -5.28. The molecule has 0 radical (unpaired) electrons. The van der Waals surface area contributed by atoms with Crippen molar-refractivity contribution in [3.8, 4) is 5.75 Å². The number of phenols is 1. The van der Waals surface area contributed by atoms with E-state index in [0.717, 1.165) is 48.5 Å². The minimum absolute atomic E-state index is 0.151. The van der Waals surface area contributed by atoms with Crippen LogP contribution in [0, 0.1) is 0 Å². The van der Waals surface area contributed by atoms with E-state index in [1.807, 2.05) is 0 Å². The molecule has 4 rings (SSSR count). The van der Waals surface area contributed by atoms with Crippen molar-refractivity contribution < 1.29 is 73.8 Å². The number of fused-ring (bicyclic) bond motifs is 1. The maximum atomic E-state index is 12.4. The fourth-order valence-corrected chi connectivity index (χ4v) is 10.8. The van der Waals surface area contributed by atoms with Gasteiger partial charge in [-0.2, -0.15) is 43.9 Å². The molecule has 0 aromatic heterocycles. The largest absolute Gasteiger partial charge is 0.505 e. The Labute approximate surface area is 306 Å². The Morgan fingerprint density at radius 2 is 0.852 bits per heavy atom. The van der Waals surface area contributed by atoms with Crippen LogP contribution in [0.15, 0.2) is 101 Å². The lowest BCUT2D eigenvalue weighted by Crippen LogP contribution is -2.16. The number of nitrogens with zero attached hydrogens (tertiary/aromatic N) is 4. The van der Waals surface area contributed by atoms with Crippen LogP contribution in [0.4, 0.5) is 28.4 Å². The molecule has 54 heavy (non-hydrogen) atoms. The Hall–Kier alpha value is -4.52. The molecular formula is C26H25N5O17S6. The number of nitrogens with two attached hydrogens (primary N) is 1. The number of anilines is 1. The van der Waals surface area contributed by atoms with E-state index in [4.69, 9.17) is 14.8 Å². The van der Waals surface area contributed by atoms with Crippen LogP contribution >= 0.6 is 0 Å². The number of sulfone groups is 2. The molecule has 4 aromatic rings. The van der Waals surface area contributed by atoms with Crippen LogP contribution in [-0.2, 0) is 60.1 Å². The highest BCUT2D eigenvalue weighted by atomic mass is 32.2. The van der Waals surface area contributed by atoms with Gasteiger partial charge in [0.15, 0.2) is 25.4 Å². The topological polar surface area (TPSA) is 381 Å². The van der Waals surface area contributed by atoms with E-state index in [9.17, 15) is 64.7 Å². The zero-order chi connectivity index (χ0) is 40.7. The summed E-state index contributed by atoms with van der Waals surface area (Å²) in [6.07, 6.45) is 0. The van der Waals surface area contributed by atoms with Gasteiger partial charge in [0, 0.05) is 0 Å². The summed E-state index contributed by atoms with van der Waals surface area (Å²) >= 11 is 0. The Kier molecular flexibility index (Phi) is 11.7. The Balaban J connectivity index is 1.81. The van der Waals surface area contributed by atoms with Crippen molar-refractivity contribution in [1.29, 1.82) is 0 Å². The predicted octanol–water partition coefficient (Wildman–Crippen LogP) is 2.77. The van der Waals surface area contributed by atoms with E-state index in [1.165, 1.54) is 0 Å². The maximum absolute atomic E-state index is 12.4. The molecule has 22 nitrogen and oxygen atoms in total. The van der Waals surface area contributed by atoms with Crippen molar-refractivity contribution in [3.63, 3.8) is 0 Å². The lowest BCUT2D eigenvalue weighted by molar-refractivity contribution is 0.472. The highest BCUT2D eigenvalue weighted by molar-refractivity contribution is 7.93. The van der Waals surface area contributed by atoms with Crippen LogP contribution in [-0.4, -0.2) is 96.8 Å². The van der Waals surface area contributed by atoms with Gasteiger partial charge < -0.3 is 10.8 Å². The molecule has 0 unspecified atom stereocenters. The molecular weight excluding hydrogens is 847 g/mol. The molecule has 0 aliphatic carbocycles. The van der Waals surface area contributed by atoms with Gasteiger partial charge >= 0.3 is 0 Å². The number of hydrogen-bond donors (Lipinski definition) is 6. The van der Waals surface area contributed by atoms with E-state index in [1.54, 1.807) is 0 Å². The van der Waals surface area contributed by atoms with Crippen LogP contribution in [0.3, 0.4) is 0 Å². The summed E-state index contributed by atoms with van der Waals surface area (Å²) in [7, 11) is -28.1. The van der Waals surface area contributed by atoms with Crippen LogP contribution in [0.5, 0.6) is 5.75 Å². The molecule has 0 bridgehead atoms. The van der Waals surface area contributed by atoms with E-state index in [2.05, 4.69) is 20.5 Å². The molecule has 0 saturated heterocycles. The van der Waals surface area contributed by atoms with Crippen molar-refractivity contribution in [1.82, 2.24) is 0 Å². The Morgan fingerprint density at radius 1 is 0.500 bits per heavy atom. The van der Waals surface area contributed by atoms with Gasteiger partial charge in [-0.1, -0.05) is 0 Å². The van der Waals surface area contributed by atoms with Gasteiger partial charge in [-0.25, -0.2) is 16.8 Å². The quantitative estimate of drug-likeness (QED) is 0.0602. The van der Waals surface area contributed by atoms with Crippen molar-refractivity contribution in [2.45, 2.75) is 19.6 Å². The third-order valence-electron chi connectivity index (χ3n) is 7.01. The van der Waals surface area contributed by atoms with E-state index >= 15 is 0 Å². The first kappa shape index (κ1) is 42.2. The smallest absolute Gasteiger partial charge is 0.296 e. The number of azo groups is 2. The second kappa shape index (κ2) is 15.0. The van der Waals surface area contributed by atoms with Crippen LogP contribution in [0.25, 0.3) is 10.8 Å². The van der Waals surface area contributed by atoms with Crippen LogP contribution in [0.2, 0.25) is 0 Å². The van der Waals surface area contributed by atoms with E-state index in [-0.39, 0.29) is 16.3 Å². The first-order valence-electron chi connectivity index (χ1n) is 14.1. The molecule has 0 spiro atoms. The summed E-state index contributed by atoms with van der Waals surface area (Å²) in [6.45, 7) is 0. The second-order valence-electron chi connectivity index (χ2n) is 10.9. The van der Waals surface area contributed by atoms with Crippen LogP contribution in [0.1, 0.15) is 0 Å². The average molecular weight is 872 g/mol. The van der Waals surface area contributed by atoms with Gasteiger partial charge in [0.2, 0.25) is 0 Å². The molecule has 0 aliphatic heterocycles. The molecule has 7 N–H and O–H groups in total. The normalized spacial score (nSPS) is 13.6. The number of phenolic OH excluding ortho intramolecular Hbond substituents is 1. The summed E-state index contributed by atoms with van der Waals surface area (Å²) in [6, 6.07) is 9.36. The lowest BCUT2D eigenvalue weighted by atomic mass is 10.1. The molecule has 28 heteroatoms. The van der Waals surface area contributed by atoms with Crippen molar-refractivity contribution in [3.05, 3.63) is 60.7 Å². The number of nitrogen functional groups attached to an aromatic ring is 1. The Morgan fingerprint density at radius 3 is 1.20 bits per heavy atom. The highest BCUT2D eigenvalue weighted by Crippen LogP contribution is 2.48. The number of hydrogen-bond acceptors (Lipinski definition) is 18. The maximum Gasteiger partial charge on any atom is 0.296 e. The molecule has 292 valence electrons. The summed E-state index contributed by atoms with van der Waals surface area (Å²) in [5, 5.41) is 25.0. The fourth-order valence-electron chi connectivity index (χ4n) is 4.43. The van der Waals surface area contributed by atoms with Crippen molar-refractivity contribution >= 4 is 99.4 Å². The van der Waals surface area contributed by atoms with Crippen LogP contribution < -0.4 is 5.73 Å². The molecule has 0 heterocycles. The van der Waals surface area contributed by atoms with E-state index < -0.39 is 131 Å². The standard InChI is InChI=1S/C26H25N5O17S6/c27-23-22-15(13-20(53(43,44)45)24(23)30-28-16-1-5-18(6-2-16)49(33,34)9-11-51(37,38)39)14-21(54(46,47)48)25(26(22)32)31-29-17-3-7-19(8-4-17)50(35,36)10-12-52(40,41)42/h1-8,13-14,32H,9-12,27H2,(H,37,38,39)(H,40,41,42)(H,43,44,45)(H,46,47,48). The van der Waals surface area contributed by atoms with Gasteiger partial charge in [-0.05, 0) is 66.0 Å². The first-order chi connectivity index (χ1) is 24.6. The molecule has 0 amide bonds. The third kappa shape index (κ3) is 10.4. The predicted molar refractivity (Wildman–Crippen MR) is 188 cm³/mol. The molecule has 4 aromatic carbocycles. The van der Waals surface area contributed by atoms with Gasteiger partial charge in [0.1, 0.15) is 21.2 Å². The monoisotopic (exact) mass is 871 g/mol. The van der Waals surface area contributed by atoms with Gasteiger partial charge in [-0.3, -0.25) is 18.2 Å². The molecule has 0 atom stereocenters. The molecule has 0 fully saturated rings. The van der Waals surface area contributed by atoms with Crippen molar-refractivity contribution in [2.24, 2.45) is 20.5 Å². The number of aromatic hydroxyl groups is 1. The number of benzene rings is 4. The van der Waals surface area contributed by atoms with Crippen molar-refractivity contribution in [2.75, 3.05) is 28.7 Å². The Bertz CT molecular complexity index is 2700. The highest BCUT2D eigenvalue weighted by Gasteiger charge is 2.28. The van der Waals surface area contributed by atoms with Gasteiger partial charge in [-0.15, -0.1) is 10.2 Å². The summed E-state index contributed by atoms with van der Waals surface area (Å²) in [5.41, 5.74) is 3.29. The molecule has 0 aliphatic rings. The third-order valence-corrected chi connectivity index (χ3v) is 14.2. The second-order valence-corrected chi connectivity index (χ2v) is 21.0. The summed E-state index contributed by atoms with van der Waals surface area (Å²) < 4.78 is 180. The molecule has 0 saturated carbocycles. The SMILES string of the molecule is Nc1c(N=Nc2ccc(S(=O)(=O)CCS(=O)(=O)O)cc2)c(S(=O)(=O)O)cc2cc(S(=O)(=O)O)c(N=Nc3ccc(S(=O)(=O)CCS(=O)(=O)O)cc3)c(O)c12. The fraction of sp³-hybridized carbons (Fsp3) is 0.154. The summed E-state index contributed by atoms with van der Waals surface area (Å²) in [5.74, 6) is -5.21. The van der Waals surface area contributed by atoms with Gasteiger partial charge in [0.05, 0.1) is 55.3 Å². The lowest BCUT2D eigenvalue weighted by Gasteiger charge is -2.14. The minimum Gasteiger partial charge on any atom is -0.505 e. The van der Waals surface area contributed by atoms with E-state index in [0.29, 0.717) is 12.1 Å². The number of rotatable bonds is 14. The summed E-state index contributed by atoms with van der Waals surface area (Å²) in [4.78, 5) is -2.98. The zero-order valence-electron chi connectivity index (χ0n) is 26.6. The first-order valence-corrected chi connectivity index (χ1v) is 23.5.